The summed E-state index contributed by atoms with van der Waals surface area (Å²) in [5, 5.41) is 11.4. The second-order valence-corrected chi connectivity index (χ2v) is 4.21. The highest BCUT2D eigenvalue weighted by atomic mass is 16.4. The lowest BCUT2D eigenvalue weighted by Gasteiger charge is -2.25. The van der Waals surface area contributed by atoms with Crippen molar-refractivity contribution in [1.29, 1.82) is 0 Å². The van der Waals surface area contributed by atoms with E-state index in [-0.39, 0.29) is 18.0 Å². The van der Waals surface area contributed by atoms with Gasteiger partial charge in [-0.2, -0.15) is 0 Å². The maximum atomic E-state index is 11.6. The largest absolute Gasteiger partial charge is 0.480 e. The molecule has 0 aromatic carbocycles. The van der Waals surface area contributed by atoms with E-state index in [1.165, 1.54) is 4.90 Å². The van der Waals surface area contributed by atoms with Crippen LogP contribution < -0.4 is 5.32 Å². The molecule has 0 radical (unpaired) electrons. The van der Waals surface area contributed by atoms with Crippen LogP contribution in [0.3, 0.4) is 0 Å². The highest BCUT2D eigenvalue weighted by Crippen LogP contribution is 2.03. The van der Waals surface area contributed by atoms with Crippen LogP contribution in [0.15, 0.2) is 0 Å². The maximum Gasteiger partial charge on any atom is 0.326 e. The van der Waals surface area contributed by atoms with Crippen molar-refractivity contribution in [2.75, 3.05) is 7.05 Å². The van der Waals surface area contributed by atoms with Gasteiger partial charge in [-0.25, -0.2) is 9.59 Å². The minimum Gasteiger partial charge on any atom is -0.480 e. The van der Waals surface area contributed by atoms with Gasteiger partial charge in [0.1, 0.15) is 6.04 Å². The molecule has 0 bridgehead atoms. The Hall–Kier alpha value is -1.26. The first kappa shape index (κ1) is 13.7. The highest BCUT2D eigenvalue weighted by Gasteiger charge is 2.25. The van der Waals surface area contributed by atoms with Crippen molar-refractivity contribution >= 4 is 12.0 Å². The van der Waals surface area contributed by atoms with E-state index >= 15 is 0 Å². The number of aliphatic carboxylic acids is 1. The van der Waals surface area contributed by atoms with Crippen molar-refractivity contribution in [3.8, 4) is 0 Å². The van der Waals surface area contributed by atoms with E-state index in [1.54, 1.807) is 20.9 Å². The zero-order valence-corrected chi connectivity index (χ0v) is 9.94. The van der Waals surface area contributed by atoms with Crippen LogP contribution in [-0.4, -0.2) is 41.1 Å². The topological polar surface area (TPSA) is 69.6 Å². The van der Waals surface area contributed by atoms with Gasteiger partial charge in [0.05, 0.1) is 0 Å². The predicted octanol–water partition coefficient (Wildman–Crippen LogP) is 1.15. The van der Waals surface area contributed by atoms with Crippen molar-refractivity contribution in [3.63, 3.8) is 0 Å². The van der Waals surface area contributed by atoms with Gasteiger partial charge in [0, 0.05) is 13.1 Å². The molecule has 5 nitrogen and oxygen atoms in total. The molecule has 88 valence electrons. The van der Waals surface area contributed by atoms with Gasteiger partial charge in [-0.3, -0.25) is 0 Å². The van der Waals surface area contributed by atoms with Gasteiger partial charge in [-0.05, 0) is 19.8 Å². The normalized spacial score (nSPS) is 12.7. The third kappa shape index (κ3) is 4.18. The summed E-state index contributed by atoms with van der Waals surface area (Å²) in [6.07, 6.45) is 0. The SMILES string of the molecule is CC(C)[C@H](NC(=O)N(C)C(C)C)C(=O)O. The van der Waals surface area contributed by atoms with Crippen LogP contribution in [-0.2, 0) is 4.79 Å². The molecule has 0 spiro atoms. The Morgan fingerprint density at radius 2 is 1.67 bits per heavy atom. The second-order valence-electron chi connectivity index (χ2n) is 4.21. The van der Waals surface area contributed by atoms with Gasteiger partial charge in [0.25, 0.3) is 0 Å². The van der Waals surface area contributed by atoms with Gasteiger partial charge < -0.3 is 15.3 Å². The standard InChI is InChI=1S/C10H20N2O3/c1-6(2)8(9(13)14)11-10(15)12(5)7(3)4/h6-8H,1-5H3,(H,11,15)(H,13,14)/t8-/m0/s1. The van der Waals surface area contributed by atoms with Crippen LogP contribution in [0.1, 0.15) is 27.7 Å². The Bertz CT molecular complexity index is 239. The van der Waals surface area contributed by atoms with Gasteiger partial charge >= 0.3 is 12.0 Å². The van der Waals surface area contributed by atoms with E-state index < -0.39 is 12.0 Å². The fourth-order valence-electron chi connectivity index (χ4n) is 0.983. The number of carboxylic acid groups (broad SMARTS) is 1. The fourth-order valence-corrected chi connectivity index (χ4v) is 0.983. The molecule has 0 aliphatic heterocycles. The molecule has 0 saturated heterocycles. The number of nitrogens with one attached hydrogen (secondary N) is 1. The monoisotopic (exact) mass is 216 g/mol. The van der Waals surface area contributed by atoms with Crippen molar-refractivity contribution in [2.45, 2.75) is 39.8 Å². The summed E-state index contributed by atoms with van der Waals surface area (Å²) in [4.78, 5) is 23.9. The molecule has 0 heterocycles. The summed E-state index contributed by atoms with van der Waals surface area (Å²) < 4.78 is 0. The van der Waals surface area contributed by atoms with Crippen LogP contribution in [0.2, 0.25) is 0 Å². The molecule has 15 heavy (non-hydrogen) atoms. The van der Waals surface area contributed by atoms with Crippen LogP contribution in [0.5, 0.6) is 0 Å². The second kappa shape index (κ2) is 5.58. The molecule has 0 rings (SSSR count). The van der Waals surface area contributed by atoms with E-state index in [2.05, 4.69) is 5.32 Å². The minimum absolute atomic E-state index is 0.0478. The number of hydrogen-bond acceptors (Lipinski definition) is 2. The molecule has 5 heteroatoms. The first-order chi connectivity index (χ1) is 6.77. The lowest BCUT2D eigenvalue weighted by molar-refractivity contribution is -0.140. The van der Waals surface area contributed by atoms with Gasteiger partial charge in [0.2, 0.25) is 0 Å². The van der Waals surface area contributed by atoms with Crippen molar-refractivity contribution < 1.29 is 14.7 Å². The van der Waals surface area contributed by atoms with Crippen LogP contribution in [0.25, 0.3) is 0 Å². The van der Waals surface area contributed by atoms with Crippen molar-refractivity contribution in [2.24, 2.45) is 5.92 Å². The lowest BCUT2D eigenvalue weighted by Crippen LogP contribution is -2.50. The number of urea groups is 1. The number of amides is 2. The molecule has 2 amide bonds. The number of hydrogen-bond donors (Lipinski definition) is 2. The fraction of sp³-hybridized carbons (Fsp3) is 0.800. The number of carbonyl (C=O) groups excluding carboxylic acids is 1. The zero-order valence-electron chi connectivity index (χ0n) is 9.94. The van der Waals surface area contributed by atoms with E-state index in [0.717, 1.165) is 0 Å². The van der Waals surface area contributed by atoms with E-state index in [1.807, 2.05) is 13.8 Å². The van der Waals surface area contributed by atoms with E-state index in [0.29, 0.717) is 0 Å². The predicted molar refractivity (Wildman–Crippen MR) is 57.7 cm³/mol. The first-order valence-electron chi connectivity index (χ1n) is 5.03. The average Bonchev–Trinajstić information content (AvgIpc) is 2.11. The summed E-state index contributed by atoms with van der Waals surface area (Å²) in [5.41, 5.74) is 0. The number of carbonyl (C=O) groups is 2. The summed E-state index contributed by atoms with van der Waals surface area (Å²) >= 11 is 0. The van der Waals surface area contributed by atoms with Crippen LogP contribution in [0, 0.1) is 5.92 Å². The van der Waals surface area contributed by atoms with Gasteiger partial charge in [-0.15, -0.1) is 0 Å². The van der Waals surface area contributed by atoms with Crippen LogP contribution in [0.4, 0.5) is 4.79 Å². The Kier molecular flexibility index (Phi) is 5.11. The summed E-state index contributed by atoms with van der Waals surface area (Å²) in [6, 6.07) is -1.14. The molecule has 0 unspecified atom stereocenters. The Morgan fingerprint density at radius 3 is 1.93 bits per heavy atom. The Morgan fingerprint density at radius 1 is 1.20 bits per heavy atom. The number of rotatable bonds is 4. The summed E-state index contributed by atoms with van der Waals surface area (Å²) in [6.45, 7) is 7.25. The smallest absolute Gasteiger partial charge is 0.326 e. The quantitative estimate of drug-likeness (QED) is 0.740. The molecule has 0 fully saturated rings. The number of nitrogens with zero attached hydrogens (tertiary/aromatic N) is 1. The zero-order chi connectivity index (χ0) is 12.2. The average molecular weight is 216 g/mol. The highest BCUT2D eigenvalue weighted by molar-refractivity contribution is 5.82. The third-order valence-electron chi connectivity index (χ3n) is 2.31. The number of carboxylic acids is 1. The first-order valence-corrected chi connectivity index (χ1v) is 5.03. The minimum atomic E-state index is -1.00. The lowest BCUT2D eigenvalue weighted by atomic mass is 10.1. The molecule has 0 saturated carbocycles. The van der Waals surface area contributed by atoms with E-state index in [4.69, 9.17) is 5.11 Å². The maximum absolute atomic E-state index is 11.6. The molecule has 0 aliphatic rings. The Balaban J connectivity index is 4.43. The van der Waals surface area contributed by atoms with Crippen LogP contribution >= 0.6 is 0 Å². The molecule has 0 aromatic rings. The van der Waals surface area contributed by atoms with Crippen molar-refractivity contribution in [3.05, 3.63) is 0 Å². The molecule has 0 aliphatic carbocycles. The van der Waals surface area contributed by atoms with E-state index in [9.17, 15) is 9.59 Å². The summed E-state index contributed by atoms with van der Waals surface area (Å²) in [5.74, 6) is -1.14. The molecular weight excluding hydrogens is 196 g/mol. The summed E-state index contributed by atoms with van der Waals surface area (Å²) in [7, 11) is 1.64. The van der Waals surface area contributed by atoms with Gasteiger partial charge in [0.15, 0.2) is 0 Å². The molecule has 2 N–H and O–H groups in total. The molecule has 0 aromatic heterocycles. The van der Waals surface area contributed by atoms with Crippen molar-refractivity contribution in [1.82, 2.24) is 10.2 Å². The molecule has 1 atom stereocenters. The Labute approximate surface area is 90.5 Å². The molecular formula is C10H20N2O3. The van der Waals surface area contributed by atoms with Gasteiger partial charge in [-0.1, -0.05) is 13.8 Å². The third-order valence-corrected chi connectivity index (χ3v) is 2.31.